The Morgan fingerprint density at radius 2 is 1.62 bits per heavy atom. The van der Waals surface area contributed by atoms with E-state index in [1.807, 2.05) is 0 Å². The van der Waals surface area contributed by atoms with E-state index in [2.05, 4.69) is 0 Å². The first kappa shape index (κ1) is 15.0. The lowest BCUT2D eigenvalue weighted by Crippen LogP contribution is -2.06. The average molecular weight is 330 g/mol. The van der Waals surface area contributed by atoms with Gasteiger partial charge in [-0.1, -0.05) is 23.2 Å². The number of nitro benzene ring substituents is 1. The Balaban J connectivity index is 3.17. The number of fused-ring (bicyclic) bond motifs is 1. The van der Waals surface area contributed by atoms with Crippen molar-refractivity contribution in [1.82, 2.24) is 0 Å². The van der Waals surface area contributed by atoms with Crippen molar-refractivity contribution in [3.63, 3.8) is 0 Å². The van der Waals surface area contributed by atoms with Gasteiger partial charge in [0.1, 0.15) is 0 Å². The van der Waals surface area contributed by atoms with Crippen LogP contribution in [-0.4, -0.2) is 27.1 Å². The number of benzene rings is 2. The smallest absolute Gasteiger partial charge is 0.336 e. The van der Waals surface area contributed by atoms with Crippen molar-refractivity contribution in [1.29, 1.82) is 0 Å². The van der Waals surface area contributed by atoms with Gasteiger partial charge in [0.05, 0.1) is 31.5 Å². The second-order valence-corrected chi connectivity index (χ2v) is 4.75. The summed E-state index contributed by atoms with van der Waals surface area (Å²) in [5.41, 5.74) is -1.41. The molecule has 21 heavy (non-hydrogen) atoms. The molecule has 0 saturated carbocycles. The summed E-state index contributed by atoms with van der Waals surface area (Å²) >= 11 is 11.7. The molecule has 9 heteroatoms. The largest absolute Gasteiger partial charge is 0.478 e. The molecule has 108 valence electrons. The van der Waals surface area contributed by atoms with Crippen molar-refractivity contribution >= 4 is 51.6 Å². The predicted molar refractivity (Wildman–Crippen MR) is 74.5 cm³/mol. The lowest BCUT2D eigenvalue weighted by atomic mass is 9.97. The Bertz CT molecular complexity index is 817. The van der Waals surface area contributed by atoms with Gasteiger partial charge in [0.2, 0.25) is 0 Å². The van der Waals surface area contributed by atoms with Crippen LogP contribution in [0.3, 0.4) is 0 Å². The number of non-ortho nitro benzene ring substituents is 1. The zero-order chi connectivity index (χ0) is 15.9. The average Bonchev–Trinajstić information content (AvgIpc) is 2.40. The van der Waals surface area contributed by atoms with Gasteiger partial charge in [-0.05, 0) is 12.1 Å². The fourth-order valence-corrected chi connectivity index (χ4v) is 2.42. The maximum Gasteiger partial charge on any atom is 0.336 e. The third-order valence-corrected chi connectivity index (χ3v) is 3.60. The van der Waals surface area contributed by atoms with Gasteiger partial charge in [-0.3, -0.25) is 10.1 Å². The van der Waals surface area contributed by atoms with Crippen molar-refractivity contribution in [2.75, 3.05) is 0 Å². The standard InChI is InChI=1S/C12H5Cl2NO6/c13-6-3-5(12(18)19)8-4(11(16)17)1-2-7(15(20)21)9(8)10(6)14/h1-3H,(H,16,17)(H,18,19). The first-order valence-electron chi connectivity index (χ1n) is 5.31. The Hall–Kier alpha value is -2.38. The van der Waals surface area contributed by atoms with Gasteiger partial charge in [0.15, 0.2) is 0 Å². The fourth-order valence-electron chi connectivity index (χ4n) is 1.97. The number of carbonyl (C=O) groups is 2. The second-order valence-electron chi connectivity index (χ2n) is 3.97. The minimum atomic E-state index is -1.47. The number of carboxylic acid groups (broad SMARTS) is 2. The zero-order valence-electron chi connectivity index (χ0n) is 9.96. The fraction of sp³-hybridized carbons (Fsp3) is 0. The highest BCUT2D eigenvalue weighted by Gasteiger charge is 2.26. The minimum Gasteiger partial charge on any atom is -0.478 e. The summed E-state index contributed by atoms with van der Waals surface area (Å²) in [6.45, 7) is 0. The van der Waals surface area contributed by atoms with Gasteiger partial charge in [0.25, 0.3) is 5.69 Å². The summed E-state index contributed by atoms with van der Waals surface area (Å²) in [5.74, 6) is -2.91. The summed E-state index contributed by atoms with van der Waals surface area (Å²) in [6, 6.07) is 2.86. The first-order chi connectivity index (χ1) is 9.75. The van der Waals surface area contributed by atoms with E-state index in [1.54, 1.807) is 0 Å². The second kappa shape index (κ2) is 5.19. The van der Waals surface area contributed by atoms with E-state index >= 15 is 0 Å². The molecule has 0 amide bonds. The van der Waals surface area contributed by atoms with Gasteiger partial charge in [-0.2, -0.15) is 0 Å². The molecule has 7 nitrogen and oxygen atoms in total. The predicted octanol–water partition coefficient (Wildman–Crippen LogP) is 3.45. The molecule has 2 rings (SSSR count). The lowest BCUT2D eigenvalue weighted by molar-refractivity contribution is -0.383. The number of nitro groups is 1. The van der Waals surface area contributed by atoms with Crippen LogP contribution in [0.2, 0.25) is 10.0 Å². The number of hydrogen-bond donors (Lipinski definition) is 2. The molecule has 2 aromatic rings. The minimum absolute atomic E-state index is 0.216. The highest BCUT2D eigenvalue weighted by atomic mass is 35.5. The molecule has 0 fully saturated rings. The summed E-state index contributed by atoms with van der Waals surface area (Å²) in [7, 11) is 0. The van der Waals surface area contributed by atoms with Crippen molar-refractivity contribution in [3.05, 3.63) is 49.5 Å². The van der Waals surface area contributed by atoms with Crippen LogP contribution in [0.15, 0.2) is 18.2 Å². The van der Waals surface area contributed by atoms with E-state index in [1.165, 1.54) is 0 Å². The number of rotatable bonds is 3. The van der Waals surface area contributed by atoms with Crippen LogP contribution in [0, 0.1) is 10.1 Å². The van der Waals surface area contributed by atoms with E-state index in [-0.39, 0.29) is 20.8 Å². The molecule has 0 radical (unpaired) electrons. The molecule has 0 aliphatic rings. The molecule has 0 spiro atoms. The summed E-state index contributed by atoms with van der Waals surface area (Å²) in [5, 5.41) is 28.2. The van der Waals surface area contributed by atoms with Crippen molar-refractivity contribution in [2.45, 2.75) is 0 Å². The zero-order valence-corrected chi connectivity index (χ0v) is 11.5. The van der Waals surface area contributed by atoms with Crippen LogP contribution in [0.25, 0.3) is 10.8 Å². The van der Waals surface area contributed by atoms with Crippen LogP contribution in [0.4, 0.5) is 5.69 Å². The van der Waals surface area contributed by atoms with Crippen LogP contribution < -0.4 is 0 Å². The molecule has 2 N–H and O–H groups in total. The highest BCUT2D eigenvalue weighted by Crippen LogP contribution is 2.40. The molecular weight excluding hydrogens is 325 g/mol. The molecular formula is C12H5Cl2NO6. The Kier molecular flexibility index (Phi) is 3.71. The highest BCUT2D eigenvalue weighted by molar-refractivity contribution is 6.46. The van der Waals surface area contributed by atoms with Crippen LogP contribution in [-0.2, 0) is 0 Å². The third-order valence-electron chi connectivity index (χ3n) is 2.81. The first-order valence-corrected chi connectivity index (χ1v) is 6.07. The molecule has 0 heterocycles. The molecule has 0 aromatic heterocycles. The number of carboxylic acids is 2. The monoisotopic (exact) mass is 329 g/mol. The van der Waals surface area contributed by atoms with Gasteiger partial charge < -0.3 is 10.2 Å². The summed E-state index contributed by atoms with van der Waals surface area (Å²) < 4.78 is 0. The lowest BCUT2D eigenvalue weighted by Gasteiger charge is -2.10. The van der Waals surface area contributed by atoms with Crippen molar-refractivity contribution in [3.8, 4) is 0 Å². The molecule has 0 aliphatic heterocycles. The van der Waals surface area contributed by atoms with Gasteiger partial charge in [-0.15, -0.1) is 0 Å². The number of hydrogen-bond acceptors (Lipinski definition) is 4. The Morgan fingerprint density at radius 1 is 1.05 bits per heavy atom. The van der Waals surface area contributed by atoms with Crippen LogP contribution in [0.5, 0.6) is 0 Å². The van der Waals surface area contributed by atoms with E-state index in [4.69, 9.17) is 33.4 Å². The van der Waals surface area contributed by atoms with Crippen molar-refractivity contribution in [2.24, 2.45) is 0 Å². The van der Waals surface area contributed by atoms with E-state index in [0.29, 0.717) is 0 Å². The normalized spacial score (nSPS) is 10.6. The molecule has 0 atom stereocenters. The summed E-state index contributed by atoms with van der Waals surface area (Å²) in [6.07, 6.45) is 0. The maximum atomic E-state index is 11.3. The van der Waals surface area contributed by atoms with Gasteiger partial charge >= 0.3 is 11.9 Å². The van der Waals surface area contributed by atoms with Crippen LogP contribution >= 0.6 is 23.2 Å². The Morgan fingerprint density at radius 3 is 2.10 bits per heavy atom. The Labute approximate surface area is 126 Å². The number of nitrogens with zero attached hydrogens (tertiary/aromatic N) is 1. The molecule has 0 aliphatic carbocycles. The van der Waals surface area contributed by atoms with E-state index in [9.17, 15) is 19.7 Å². The maximum absolute atomic E-state index is 11.3. The van der Waals surface area contributed by atoms with E-state index < -0.39 is 33.7 Å². The van der Waals surface area contributed by atoms with Gasteiger partial charge in [0, 0.05) is 11.5 Å². The SMILES string of the molecule is O=C(O)c1ccc([N+](=O)[O-])c2c(Cl)c(Cl)cc(C(=O)O)c12. The molecule has 0 bridgehead atoms. The number of halogens is 2. The van der Waals surface area contributed by atoms with Crippen molar-refractivity contribution < 1.29 is 24.7 Å². The third kappa shape index (κ3) is 2.37. The molecule has 0 unspecified atom stereocenters. The summed E-state index contributed by atoms with van der Waals surface area (Å²) in [4.78, 5) is 32.8. The molecule has 0 saturated heterocycles. The topological polar surface area (TPSA) is 118 Å². The van der Waals surface area contributed by atoms with Gasteiger partial charge in [-0.25, -0.2) is 9.59 Å². The quantitative estimate of drug-likeness (QED) is 0.657. The van der Waals surface area contributed by atoms with E-state index in [0.717, 1.165) is 18.2 Å². The number of aromatic carboxylic acids is 2. The molecule has 2 aromatic carbocycles. The van der Waals surface area contributed by atoms with Crippen LogP contribution in [0.1, 0.15) is 20.7 Å².